The molecule has 0 aliphatic carbocycles. The van der Waals surface area contributed by atoms with Gasteiger partial charge in [-0.15, -0.1) is 6.54 Å². The molecule has 0 unspecified atom stereocenters. The van der Waals surface area contributed by atoms with Crippen LogP contribution in [0.4, 0.5) is 0 Å². The van der Waals surface area contributed by atoms with Gasteiger partial charge in [0.05, 0.1) is 0 Å². The van der Waals surface area contributed by atoms with Gasteiger partial charge in [-0.1, -0.05) is 63.6 Å². The van der Waals surface area contributed by atoms with Crippen LogP contribution in [0.1, 0.15) is 27.8 Å². The number of hydrogen-bond donors (Lipinski definition) is 0. The summed E-state index contributed by atoms with van der Waals surface area (Å²) in [5, 5.41) is 0. The smallest absolute Gasteiger partial charge is 0.0608 e. The average molecular weight is 404 g/mol. The molecule has 128 valence electrons. The molecule has 0 bridgehead atoms. The zero-order valence-electron chi connectivity index (χ0n) is 14.9. The van der Waals surface area contributed by atoms with E-state index in [-0.39, 0.29) is 31.0 Å². The summed E-state index contributed by atoms with van der Waals surface area (Å²) in [5.41, 5.74) is 13.8. The molecule has 0 amide bonds. The summed E-state index contributed by atoms with van der Waals surface area (Å²) in [5.74, 6) is 0. The van der Waals surface area contributed by atoms with Crippen molar-refractivity contribution in [2.75, 3.05) is 0 Å². The Hall–Kier alpha value is 0.0412. The summed E-state index contributed by atoms with van der Waals surface area (Å²) in [4.78, 5) is 0. The Morgan fingerprint density at radius 1 is 1.04 bits per heavy atom. The number of aryl methyl sites for hydroxylation is 2. The SMILES string of the molecule is C[Si](C)=[Ti+2].Cc1c[c-](C)c(C)c1C.[Cl-].[Cl-].[NH-]Cc1ccccc1. The molecule has 0 saturated heterocycles. The summed E-state index contributed by atoms with van der Waals surface area (Å²) >= 11 is 2.27. The van der Waals surface area contributed by atoms with Gasteiger partial charge in [-0.05, 0) is 0 Å². The Morgan fingerprint density at radius 2 is 1.48 bits per heavy atom. The van der Waals surface area contributed by atoms with E-state index in [1.807, 2.05) is 30.3 Å². The van der Waals surface area contributed by atoms with E-state index in [1.165, 1.54) is 22.3 Å². The van der Waals surface area contributed by atoms with Crippen LogP contribution in [0.2, 0.25) is 13.1 Å². The number of hydrogen-bond acceptors (Lipinski definition) is 0. The van der Waals surface area contributed by atoms with E-state index < -0.39 is 0 Å². The van der Waals surface area contributed by atoms with Crippen molar-refractivity contribution in [2.24, 2.45) is 0 Å². The molecule has 0 heterocycles. The Labute approximate surface area is 166 Å². The monoisotopic (exact) mass is 403 g/mol. The van der Waals surface area contributed by atoms with Gasteiger partial charge >= 0.3 is 38.5 Å². The van der Waals surface area contributed by atoms with Crippen LogP contribution in [0.3, 0.4) is 0 Å². The van der Waals surface area contributed by atoms with Gasteiger partial charge in [-0.2, -0.15) is 28.3 Å². The minimum absolute atomic E-state index is 0. The van der Waals surface area contributed by atoms with Gasteiger partial charge in [0.25, 0.3) is 0 Å². The third-order valence-electron chi connectivity index (χ3n) is 3.23. The molecule has 0 aliphatic rings. The van der Waals surface area contributed by atoms with Gasteiger partial charge in [0, 0.05) is 0 Å². The topological polar surface area (TPSA) is 23.8 Å². The van der Waals surface area contributed by atoms with Gasteiger partial charge in [-0.25, -0.2) is 0 Å². The van der Waals surface area contributed by atoms with Crippen molar-refractivity contribution in [3.05, 3.63) is 69.9 Å². The van der Waals surface area contributed by atoms with Crippen molar-refractivity contribution in [3.8, 4) is 0 Å². The van der Waals surface area contributed by atoms with E-state index >= 15 is 0 Å². The number of benzene rings is 1. The molecule has 0 atom stereocenters. The second-order valence-electron chi connectivity index (χ2n) is 5.42. The molecule has 1 nitrogen and oxygen atoms in total. The molecule has 2 aromatic carbocycles. The molecule has 2 rings (SSSR count). The van der Waals surface area contributed by atoms with Crippen LogP contribution < -0.4 is 24.8 Å². The van der Waals surface area contributed by atoms with Crippen LogP contribution in [0.5, 0.6) is 0 Å². The van der Waals surface area contributed by atoms with Crippen LogP contribution in [-0.2, 0) is 25.7 Å². The zero-order valence-corrected chi connectivity index (χ0v) is 19.0. The first-order chi connectivity index (χ1) is 9.79. The molecule has 2 aromatic rings. The largest absolute Gasteiger partial charge is 1.00 e. The fourth-order valence-corrected chi connectivity index (χ4v) is 1.73. The summed E-state index contributed by atoms with van der Waals surface area (Å²) in [6.45, 7) is 13.6. The molecule has 0 aromatic heterocycles. The summed E-state index contributed by atoms with van der Waals surface area (Å²) in [6, 6.07) is 12.0. The molecule has 0 spiro atoms. The van der Waals surface area contributed by atoms with Crippen molar-refractivity contribution >= 4 is 6.19 Å². The average Bonchev–Trinajstić information content (AvgIpc) is 2.66. The number of halogens is 2. The summed E-state index contributed by atoms with van der Waals surface area (Å²) in [6.07, 6.45) is 0.120. The zero-order chi connectivity index (χ0) is 16.4. The predicted octanol–water partition coefficient (Wildman–Crippen LogP) is -0.330. The van der Waals surface area contributed by atoms with E-state index in [2.05, 4.69) is 66.0 Å². The van der Waals surface area contributed by atoms with Crippen molar-refractivity contribution < 1.29 is 44.0 Å². The van der Waals surface area contributed by atoms with Crippen LogP contribution in [0, 0.1) is 27.7 Å². The van der Waals surface area contributed by atoms with Crippen LogP contribution in [0.15, 0.2) is 36.4 Å². The second-order valence-corrected chi connectivity index (χ2v) is 12.1. The third-order valence-corrected chi connectivity index (χ3v) is 3.23. The van der Waals surface area contributed by atoms with Crippen LogP contribution >= 0.6 is 0 Å². The second kappa shape index (κ2) is 15.6. The molecule has 5 heteroatoms. The molecular weight excluding hydrogens is 377 g/mol. The van der Waals surface area contributed by atoms with Gasteiger partial charge in [0.2, 0.25) is 0 Å². The Kier molecular flexibility index (Phi) is 18.9. The molecular formula is C18H27Cl2NSiTi-2. The molecule has 0 aliphatic heterocycles. The van der Waals surface area contributed by atoms with Crippen molar-refractivity contribution in [3.63, 3.8) is 0 Å². The summed E-state index contributed by atoms with van der Waals surface area (Å²) in [7, 11) is 0. The summed E-state index contributed by atoms with van der Waals surface area (Å²) < 4.78 is 0. The predicted molar refractivity (Wildman–Crippen MR) is 92.9 cm³/mol. The van der Waals surface area contributed by atoms with Gasteiger partial charge < -0.3 is 30.5 Å². The Morgan fingerprint density at radius 3 is 1.65 bits per heavy atom. The minimum Gasteiger partial charge on any atom is -1.00 e. The minimum atomic E-state index is 0. The normalized spacial score (nSPS) is 8.39. The van der Waals surface area contributed by atoms with Gasteiger partial charge in [0.1, 0.15) is 0 Å². The van der Waals surface area contributed by atoms with Crippen LogP contribution in [0.25, 0.3) is 5.73 Å². The quantitative estimate of drug-likeness (QED) is 0.460. The number of rotatable bonds is 1. The maximum atomic E-state index is 6.94. The van der Waals surface area contributed by atoms with Gasteiger partial charge in [0.15, 0.2) is 0 Å². The van der Waals surface area contributed by atoms with Crippen molar-refractivity contribution in [1.29, 1.82) is 0 Å². The van der Waals surface area contributed by atoms with E-state index in [0.717, 1.165) is 5.56 Å². The first kappa shape index (κ1) is 27.9. The molecule has 23 heavy (non-hydrogen) atoms. The maximum absolute atomic E-state index is 6.94. The van der Waals surface area contributed by atoms with E-state index in [0.29, 0.717) is 6.54 Å². The Balaban J connectivity index is -0.000000267. The molecule has 0 fully saturated rings. The van der Waals surface area contributed by atoms with Crippen molar-refractivity contribution in [2.45, 2.75) is 47.3 Å². The fourth-order valence-electron chi connectivity index (χ4n) is 1.73. The molecule has 0 saturated carbocycles. The third kappa shape index (κ3) is 13.1. The molecule has 0 radical (unpaired) electrons. The first-order valence-corrected chi connectivity index (χ1v) is 12.0. The fraction of sp³-hybridized carbons (Fsp3) is 0.389. The maximum Gasteiger partial charge on any atom is -0.0608 e. The van der Waals surface area contributed by atoms with E-state index in [1.54, 1.807) is 0 Å². The first-order valence-electron chi connectivity index (χ1n) is 7.20. The standard InChI is InChI=1S/C9H13.C7H8N.C2H6Si.2ClH.Ti/c1-6-5-7(2)9(4)8(6)3;8-6-7-4-2-1-3-5-7;1-3-2;;;/h5H,1-4H3;1-5,8H,6H2;1-2H3;2*1H;/q2*-1;;;;+2/p-2. The molecule has 1 N–H and O–H groups in total. The van der Waals surface area contributed by atoms with Gasteiger partial charge in [-0.3, -0.25) is 0 Å². The van der Waals surface area contributed by atoms with Crippen LogP contribution in [-0.4, -0.2) is 6.19 Å². The van der Waals surface area contributed by atoms with E-state index in [4.69, 9.17) is 5.73 Å². The van der Waals surface area contributed by atoms with Crippen molar-refractivity contribution in [1.82, 2.24) is 0 Å². The van der Waals surface area contributed by atoms with E-state index in [9.17, 15) is 0 Å². The Bertz CT molecular complexity index is 527. The number of nitrogens with one attached hydrogen (secondary N) is 1.